The predicted octanol–water partition coefficient (Wildman–Crippen LogP) is 3.96. The van der Waals surface area contributed by atoms with Crippen LogP contribution in [0.1, 0.15) is 30.9 Å². The summed E-state index contributed by atoms with van der Waals surface area (Å²) in [6.07, 6.45) is -5.36. The third-order valence-corrected chi connectivity index (χ3v) is 2.65. The van der Waals surface area contributed by atoms with Crippen LogP contribution in [0.15, 0.2) is 18.2 Å². The fourth-order valence-electron chi connectivity index (χ4n) is 1.78. The number of hydrogen-bond donors (Lipinski definition) is 1. The van der Waals surface area contributed by atoms with Gasteiger partial charge in [-0.15, -0.1) is 0 Å². The Morgan fingerprint density at radius 1 is 1.17 bits per heavy atom. The van der Waals surface area contributed by atoms with Crippen molar-refractivity contribution in [3.63, 3.8) is 0 Å². The predicted molar refractivity (Wildman–Crippen MR) is 58.1 cm³/mol. The van der Waals surface area contributed by atoms with E-state index < -0.39 is 30.3 Å². The van der Waals surface area contributed by atoms with E-state index in [1.165, 1.54) is 13.1 Å². The minimum absolute atomic E-state index is 0.0217. The van der Waals surface area contributed by atoms with E-state index in [1.54, 1.807) is 0 Å². The van der Waals surface area contributed by atoms with E-state index in [9.17, 15) is 22.0 Å². The molecule has 0 fully saturated rings. The van der Waals surface area contributed by atoms with Crippen LogP contribution in [0.2, 0.25) is 0 Å². The van der Waals surface area contributed by atoms with Gasteiger partial charge < -0.3 is 5.32 Å². The summed E-state index contributed by atoms with van der Waals surface area (Å²) >= 11 is 0. The van der Waals surface area contributed by atoms with E-state index in [-0.39, 0.29) is 18.4 Å². The summed E-state index contributed by atoms with van der Waals surface area (Å²) in [6.45, 7) is 0. The summed E-state index contributed by atoms with van der Waals surface area (Å²) in [5, 5.41) is 2.64. The Balaban J connectivity index is 2.72. The molecule has 0 heterocycles. The van der Waals surface area contributed by atoms with Gasteiger partial charge in [-0.25, -0.2) is 8.78 Å². The van der Waals surface area contributed by atoms with Crippen LogP contribution in [0.3, 0.4) is 0 Å². The average molecular weight is 267 g/mol. The summed E-state index contributed by atoms with van der Waals surface area (Å²) in [6, 6.07) is 2.64. The van der Waals surface area contributed by atoms with Crippen LogP contribution >= 0.6 is 0 Å². The Labute approximate surface area is 102 Å². The molecule has 0 spiro atoms. The van der Waals surface area contributed by atoms with Crippen molar-refractivity contribution >= 4 is 0 Å². The number of nitrogens with one attached hydrogen (secondary N) is 1. The van der Waals surface area contributed by atoms with Crippen molar-refractivity contribution in [2.45, 2.75) is 31.5 Å². The third kappa shape index (κ3) is 4.25. The zero-order chi connectivity index (χ0) is 13.8. The largest absolute Gasteiger partial charge is 0.389 e. The van der Waals surface area contributed by atoms with Gasteiger partial charge in [0, 0.05) is 18.0 Å². The molecule has 0 aromatic heterocycles. The Morgan fingerprint density at radius 2 is 1.72 bits per heavy atom. The van der Waals surface area contributed by atoms with E-state index in [4.69, 9.17) is 0 Å². The minimum atomic E-state index is -4.24. The monoisotopic (exact) mass is 267 g/mol. The Morgan fingerprint density at radius 3 is 2.17 bits per heavy atom. The fraction of sp³-hybridized carbons (Fsp3) is 0.500. The van der Waals surface area contributed by atoms with E-state index in [1.807, 2.05) is 0 Å². The maximum Gasteiger partial charge on any atom is 0.389 e. The third-order valence-electron chi connectivity index (χ3n) is 2.65. The van der Waals surface area contributed by atoms with Gasteiger partial charge in [-0.05, 0) is 32.0 Å². The van der Waals surface area contributed by atoms with Crippen molar-refractivity contribution in [3.05, 3.63) is 35.4 Å². The lowest BCUT2D eigenvalue weighted by Crippen LogP contribution is -2.20. The second-order valence-electron chi connectivity index (χ2n) is 3.98. The molecule has 1 atom stereocenters. The summed E-state index contributed by atoms with van der Waals surface area (Å²) in [5.41, 5.74) is -0.206. The maximum absolute atomic E-state index is 13.4. The molecule has 6 heteroatoms. The number of benzene rings is 1. The molecule has 1 nitrogen and oxygen atoms in total. The van der Waals surface area contributed by atoms with Crippen LogP contribution in [-0.4, -0.2) is 13.2 Å². The molecule has 1 unspecified atom stereocenters. The average Bonchev–Trinajstić information content (AvgIpc) is 2.25. The quantitative estimate of drug-likeness (QED) is 0.796. The van der Waals surface area contributed by atoms with Crippen LogP contribution in [-0.2, 0) is 0 Å². The highest BCUT2D eigenvalue weighted by Gasteiger charge is 2.27. The molecule has 1 aromatic carbocycles. The lowest BCUT2D eigenvalue weighted by Gasteiger charge is -2.18. The summed E-state index contributed by atoms with van der Waals surface area (Å²) in [4.78, 5) is 0. The van der Waals surface area contributed by atoms with Crippen molar-refractivity contribution in [3.8, 4) is 0 Å². The minimum Gasteiger partial charge on any atom is -0.313 e. The van der Waals surface area contributed by atoms with Gasteiger partial charge in [0.2, 0.25) is 0 Å². The standard InChI is InChI=1S/C12H14F5N/c1-18-10(6-3-7-12(15,16)17)11-8(13)4-2-5-9(11)14/h2,4-5,10,18H,3,6-7H2,1H3. The highest BCUT2D eigenvalue weighted by molar-refractivity contribution is 5.23. The van der Waals surface area contributed by atoms with Gasteiger partial charge in [0.15, 0.2) is 0 Å². The van der Waals surface area contributed by atoms with Crippen molar-refractivity contribution in [2.24, 2.45) is 0 Å². The fourth-order valence-corrected chi connectivity index (χ4v) is 1.78. The van der Waals surface area contributed by atoms with Gasteiger partial charge in [0.05, 0.1) is 0 Å². The molecule has 1 aromatic rings. The molecule has 0 saturated heterocycles. The Hall–Kier alpha value is -1.17. The van der Waals surface area contributed by atoms with Crippen molar-refractivity contribution in [1.82, 2.24) is 5.32 Å². The van der Waals surface area contributed by atoms with Gasteiger partial charge in [-0.1, -0.05) is 6.07 Å². The molecule has 0 saturated carbocycles. The van der Waals surface area contributed by atoms with Crippen molar-refractivity contribution in [2.75, 3.05) is 7.05 Å². The summed E-state index contributed by atoms with van der Waals surface area (Å²) in [7, 11) is 1.46. The molecule has 0 aliphatic heterocycles. The van der Waals surface area contributed by atoms with E-state index in [2.05, 4.69) is 5.32 Å². The lowest BCUT2D eigenvalue weighted by molar-refractivity contribution is -0.135. The van der Waals surface area contributed by atoms with Gasteiger partial charge >= 0.3 is 6.18 Å². The number of hydrogen-bond acceptors (Lipinski definition) is 1. The van der Waals surface area contributed by atoms with E-state index >= 15 is 0 Å². The molecule has 0 amide bonds. The molecule has 1 N–H and O–H groups in total. The van der Waals surface area contributed by atoms with Crippen LogP contribution in [0.4, 0.5) is 22.0 Å². The number of alkyl halides is 3. The topological polar surface area (TPSA) is 12.0 Å². The zero-order valence-electron chi connectivity index (χ0n) is 9.82. The van der Waals surface area contributed by atoms with Gasteiger partial charge in [-0.3, -0.25) is 0 Å². The van der Waals surface area contributed by atoms with E-state index in [0.717, 1.165) is 12.1 Å². The second kappa shape index (κ2) is 6.13. The number of rotatable bonds is 5. The molecule has 0 radical (unpaired) electrons. The normalized spacial score (nSPS) is 13.7. The summed E-state index contributed by atoms with van der Waals surface area (Å²) < 4.78 is 62.9. The first kappa shape index (κ1) is 14.9. The van der Waals surface area contributed by atoms with Crippen LogP contribution in [0, 0.1) is 11.6 Å². The smallest absolute Gasteiger partial charge is 0.313 e. The van der Waals surface area contributed by atoms with Gasteiger partial charge in [0.25, 0.3) is 0 Å². The first-order valence-electron chi connectivity index (χ1n) is 5.53. The maximum atomic E-state index is 13.4. The molecular weight excluding hydrogens is 253 g/mol. The Bertz CT molecular complexity index is 368. The van der Waals surface area contributed by atoms with Crippen molar-refractivity contribution < 1.29 is 22.0 Å². The van der Waals surface area contributed by atoms with Gasteiger partial charge in [0.1, 0.15) is 11.6 Å². The molecule has 1 rings (SSSR count). The first-order valence-corrected chi connectivity index (χ1v) is 5.53. The van der Waals surface area contributed by atoms with Crippen molar-refractivity contribution in [1.29, 1.82) is 0 Å². The molecule has 0 aliphatic rings. The summed E-state index contributed by atoms with van der Waals surface area (Å²) in [5.74, 6) is -1.50. The van der Waals surface area contributed by atoms with Crippen LogP contribution in [0.25, 0.3) is 0 Å². The van der Waals surface area contributed by atoms with Crippen LogP contribution in [0.5, 0.6) is 0 Å². The zero-order valence-corrected chi connectivity index (χ0v) is 9.82. The molecule has 0 bridgehead atoms. The second-order valence-corrected chi connectivity index (χ2v) is 3.98. The molecular formula is C12H14F5N. The molecule has 18 heavy (non-hydrogen) atoms. The highest BCUT2D eigenvalue weighted by Crippen LogP contribution is 2.28. The van der Waals surface area contributed by atoms with Gasteiger partial charge in [-0.2, -0.15) is 13.2 Å². The highest BCUT2D eigenvalue weighted by atomic mass is 19.4. The lowest BCUT2D eigenvalue weighted by atomic mass is 10.00. The number of halogens is 5. The SMILES string of the molecule is CNC(CCCC(F)(F)F)c1c(F)cccc1F. The Kier molecular flexibility index (Phi) is 5.07. The molecule has 102 valence electrons. The van der Waals surface area contributed by atoms with E-state index in [0.29, 0.717) is 0 Å². The molecule has 0 aliphatic carbocycles. The first-order chi connectivity index (χ1) is 8.35. The van der Waals surface area contributed by atoms with Crippen LogP contribution < -0.4 is 5.32 Å².